The summed E-state index contributed by atoms with van der Waals surface area (Å²) >= 11 is 6.08. The number of halogens is 2. The number of carbonyl (C=O) groups is 2. The van der Waals surface area contributed by atoms with Gasteiger partial charge >= 0.3 is 5.97 Å². The second-order valence-electron chi connectivity index (χ2n) is 4.95. The van der Waals surface area contributed by atoms with Gasteiger partial charge in [-0.05, 0) is 19.1 Å². The maximum Gasteiger partial charge on any atom is 0.337 e. The highest BCUT2D eigenvalue weighted by atomic mass is 35.5. The molecule has 6 nitrogen and oxygen atoms in total. The Morgan fingerprint density at radius 3 is 2.83 bits per heavy atom. The largest absolute Gasteiger partial charge is 0.466 e. The number of β-amino-alcohol motifs (C(OH)–C–C–N with tert-alkyl or cyclic N) is 1. The summed E-state index contributed by atoms with van der Waals surface area (Å²) < 4.78 is 18.1. The predicted molar refractivity (Wildman–Crippen MR) is 82.5 cm³/mol. The van der Waals surface area contributed by atoms with E-state index in [4.69, 9.17) is 16.7 Å². The molecular weight excluding hydrogens is 327 g/mol. The fourth-order valence-corrected chi connectivity index (χ4v) is 2.44. The van der Waals surface area contributed by atoms with Crippen molar-refractivity contribution in [2.24, 2.45) is 0 Å². The molecule has 0 atom stereocenters. The molecule has 0 bridgehead atoms. The summed E-state index contributed by atoms with van der Waals surface area (Å²) in [5.74, 6) is -1.59. The fourth-order valence-electron chi connectivity index (χ4n) is 2.24. The van der Waals surface area contributed by atoms with Gasteiger partial charge in [0.1, 0.15) is 11.5 Å². The van der Waals surface area contributed by atoms with E-state index in [1.807, 2.05) is 0 Å². The van der Waals surface area contributed by atoms with Crippen LogP contribution in [-0.4, -0.2) is 48.7 Å². The highest BCUT2D eigenvalue weighted by Crippen LogP contribution is 2.30. The average Bonchev–Trinajstić information content (AvgIpc) is 2.84. The number of methoxy groups -OCH3 is 1. The highest BCUT2D eigenvalue weighted by molar-refractivity contribution is 6.34. The minimum atomic E-state index is -0.656. The van der Waals surface area contributed by atoms with Crippen LogP contribution in [0.1, 0.15) is 5.56 Å². The molecular formula is C15H16ClFN2O4. The first-order chi connectivity index (χ1) is 10.9. The van der Waals surface area contributed by atoms with E-state index in [2.05, 4.69) is 10.1 Å². The number of benzene rings is 1. The van der Waals surface area contributed by atoms with Crippen molar-refractivity contribution in [1.29, 1.82) is 0 Å². The van der Waals surface area contributed by atoms with Crippen LogP contribution in [0.2, 0.25) is 5.02 Å². The molecule has 0 saturated heterocycles. The van der Waals surface area contributed by atoms with Crippen molar-refractivity contribution in [3.05, 3.63) is 39.8 Å². The van der Waals surface area contributed by atoms with E-state index in [9.17, 15) is 14.0 Å². The van der Waals surface area contributed by atoms with E-state index in [0.29, 0.717) is 5.69 Å². The summed E-state index contributed by atoms with van der Waals surface area (Å²) in [7, 11) is 1.21. The average molecular weight is 343 g/mol. The van der Waals surface area contributed by atoms with Crippen LogP contribution in [0, 0.1) is 12.7 Å². The second-order valence-corrected chi connectivity index (χ2v) is 5.33. The van der Waals surface area contributed by atoms with Gasteiger partial charge in [-0.15, -0.1) is 0 Å². The van der Waals surface area contributed by atoms with E-state index < -0.39 is 17.7 Å². The molecule has 1 aromatic carbocycles. The number of nitrogens with zero attached hydrogens (tertiary/aromatic N) is 1. The molecule has 0 unspecified atom stereocenters. The molecule has 23 heavy (non-hydrogen) atoms. The highest BCUT2D eigenvalue weighted by Gasteiger charge is 2.34. The summed E-state index contributed by atoms with van der Waals surface area (Å²) in [5.41, 5.74) is 0.679. The Labute approximate surface area is 137 Å². The van der Waals surface area contributed by atoms with Crippen molar-refractivity contribution >= 4 is 29.2 Å². The number of anilines is 1. The van der Waals surface area contributed by atoms with Gasteiger partial charge in [-0.3, -0.25) is 4.79 Å². The summed E-state index contributed by atoms with van der Waals surface area (Å²) in [4.78, 5) is 25.5. The Morgan fingerprint density at radius 2 is 2.22 bits per heavy atom. The summed E-state index contributed by atoms with van der Waals surface area (Å²) in [5, 5.41) is 11.9. The van der Waals surface area contributed by atoms with Gasteiger partial charge in [0.2, 0.25) is 0 Å². The van der Waals surface area contributed by atoms with Crippen molar-refractivity contribution in [3.63, 3.8) is 0 Å². The Bertz CT molecular complexity index is 690. The minimum absolute atomic E-state index is 0.0122. The number of esters is 1. The van der Waals surface area contributed by atoms with Gasteiger partial charge in [0, 0.05) is 12.1 Å². The lowest BCUT2D eigenvalue weighted by molar-refractivity contribution is -0.136. The van der Waals surface area contributed by atoms with Crippen molar-refractivity contribution in [3.8, 4) is 0 Å². The van der Waals surface area contributed by atoms with Gasteiger partial charge in [0.15, 0.2) is 0 Å². The molecule has 0 aromatic heterocycles. The maximum atomic E-state index is 13.5. The molecule has 2 N–H and O–H groups in total. The van der Waals surface area contributed by atoms with Crippen LogP contribution in [0.5, 0.6) is 0 Å². The van der Waals surface area contributed by atoms with Gasteiger partial charge in [-0.25, -0.2) is 9.18 Å². The van der Waals surface area contributed by atoms with Crippen molar-refractivity contribution in [2.45, 2.75) is 6.92 Å². The Morgan fingerprint density at radius 1 is 1.52 bits per heavy atom. The normalized spacial score (nSPS) is 14.5. The molecule has 1 heterocycles. The first-order valence-corrected chi connectivity index (χ1v) is 7.21. The molecule has 1 amide bonds. The molecule has 2 rings (SSSR count). The zero-order chi connectivity index (χ0) is 17.1. The fraction of sp³-hybridized carbons (Fsp3) is 0.333. The Balaban J connectivity index is 2.39. The minimum Gasteiger partial charge on any atom is -0.466 e. The monoisotopic (exact) mass is 342 g/mol. The number of rotatable bonds is 5. The lowest BCUT2D eigenvalue weighted by atomic mass is 10.2. The third-order valence-electron chi connectivity index (χ3n) is 3.53. The van der Waals surface area contributed by atoms with Crippen LogP contribution in [0.3, 0.4) is 0 Å². The van der Waals surface area contributed by atoms with Crippen molar-refractivity contribution < 1.29 is 23.8 Å². The van der Waals surface area contributed by atoms with E-state index in [0.717, 1.165) is 0 Å². The molecule has 1 aliphatic heterocycles. The van der Waals surface area contributed by atoms with Gasteiger partial charge < -0.3 is 20.1 Å². The summed E-state index contributed by atoms with van der Waals surface area (Å²) in [6.07, 6.45) is 0. The van der Waals surface area contributed by atoms with Crippen molar-refractivity contribution in [2.75, 3.05) is 32.1 Å². The lowest BCUT2D eigenvalue weighted by Crippen LogP contribution is -2.31. The second kappa shape index (κ2) is 6.97. The Kier molecular flexibility index (Phi) is 5.23. The number of amides is 1. The molecule has 0 radical (unpaired) electrons. The quantitative estimate of drug-likeness (QED) is 0.792. The van der Waals surface area contributed by atoms with Gasteiger partial charge in [-0.2, -0.15) is 0 Å². The van der Waals surface area contributed by atoms with Crippen LogP contribution in [-0.2, 0) is 14.3 Å². The number of carbonyl (C=O) groups excluding carboxylic acids is 2. The summed E-state index contributed by atoms with van der Waals surface area (Å²) in [6, 6.07) is 2.60. The lowest BCUT2D eigenvalue weighted by Gasteiger charge is -2.15. The molecule has 0 saturated carbocycles. The van der Waals surface area contributed by atoms with Gasteiger partial charge in [-0.1, -0.05) is 11.6 Å². The molecule has 0 spiro atoms. The standard InChI is InChI=1S/C15H16ClFN2O4/c1-8-10(17)3-4-11(12(8)16)18-13-9(15(22)23-2)7-19(5-6-20)14(13)21/h3-4,18,20H,5-7H2,1-2H3. The predicted octanol–water partition coefficient (Wildman–Crippen LogP) is 1.46. The molecule has 0 aliphatic carbocycles. The molecule has 0 fully saturated rings. The van der Waals surface area contributed by atoms with Gasteiger partial charge in [0.05, 0.1) is 36.5 Å². The first-order valence-electron chi connectivity index (χ1n) is 6.84. The molecule has 124 valence electrons. The van der Waals surface area contributed by atoms with E-state index >= 15 is 0 Å². The number of hydrogen-bond acceptors (Lipinski definition) is 5. The molecule has 8 heteroatoms. The molecule has 1 aromatic rings. The summed E-state index contributed by atoms with van der Waals surface area (Å²) in [6.45, 7) is 1.38. The van der Waals surface area contributed by atoms with Crippen LogP contribution in [0.4, 0.5) is 10.1 Å². The number of hydrogen-bond donors (Lipinski definition) is 2. The first kappa shape index (κ1) is 17.2. The van der Waals surface area contributed by atoms with Crippen molar-refractivity contribution in [1.82, 2.24) is 4.90 Å². The van der Waals surface area contributed by atoms with Crippen LogP contribution in [0.15, 0.2) is 23.4 Å². The maximum absolute atomic E-state index is 13.5. The van der Waals surface area contributed by atoms with E-state index in [-0.39, 0.29) is 41.6 Å². The molecule has 1 aliphatic rings. The third-order valence-corrected chi connectivity index (χ3v) is 4.02. The van der Waals surface area contributed by atoms with E-state index in [1.165, 1.54) is 31.1 Å². The van der Waals surface area contributed by atoms with E-state index in [1.54, 1.807) is 0 Å². The number of aliphatic hydroxyl groups excluding tert-OH is 1. The van der Waals surface area contributed by atoms with Gasteiger partial charge in [0.25, 0.3) is 5.91 Å². The number of ether oxygens (including phenoxy) is 1. The smallest absolute Gasteiger partial charge is 0.337 e. The van der Waals surface area contributed by atoms with Crippen LogP contribution in [0.25, 0.3) is 0 Å². The third kappa shape index (κ3) is 3.30. The number of aliphatic hydroxyl groups is 1. The zero-order valence-electron chi connectivity index (χ0n) is 12.7. The number of nitrogens with one attached hydrogen (secondary N) is 1. The topological polar surface area (TPSA) is 78.9 Å². The van der Waals surface area contributed by atoms with Crippen LogP contribution >= 0.6 is 11.6 Å². The Hall–Kier alpha value is -2.12. The SMILES string of the molecule is COC(=O)C1=C(Nc2ccc(F)c(C)c2Cl)C(=O)N(CCO)C1. The van der Waals surface area contributed by atoms with Crippen LogP contribution < -0.4 is 5.32 Å². The zero-order valence-corrected chi connectivity index (χ0v) is 13.4.